The molecule has 18 heteroatoms. The maximum atomic E-state index is 12.9. The number of nitrogens with one attached hydrogen (secondary N) is 4. The average Bonchev–Trinajstić information content (AvgIpc) is 1.78. The second-order valence-corrected chi connectivity index (χ2v) is 44.1. The van der Waals surface area contributed by atoms with Gasteiger partial charge in [0.05, 0.1) is 45.9 Å². The highest BCUT2D eigenvalue weighted by Gasteiger charge is 2.47. The maximum absolute atomic E-state index is 12.9. The molecule has 0 saturated heterocycles. The number of hydrogen-bond donors (Lipinski definition) is 4. The van der Waals surface area contributed by atoms with Crippen LogP contribution in [0.5, 0.6) is 0 Å². The molecule has 11 saturated carbocycles. The van der Waals surface area contributed by atoms with Crippen molar-refractivity contribution >= 4 is 29.0 Å². The number of ether oxygens (including phenoxy) is 5. The summed E-state index contributed by atoms with van der Waals surface area (Å²) in [6.45, 7) is 17.5. The molecule has 21 aliphatic carbocycles. The molecular weight excluding hydrogens is 1610 g/mol. The Morgan fingerprint density at radius 1 is 0.388 bits per heavy atom. The zero-order valence-electron chi connectivity index (χ0n) is 75.5. The lowest BCUT2D eigenvalue weighted by Crippen LogP contribution is -2.50. The molecule has 1 aromatic rings. The Kier molecular flexibility index (Phi) is 41.0. The third kappa shape index (κ3) is 27.9. The number of rotatable bonds is 36. The average molecular weight is 1790 g/mol. The maximum Gasteiger partial charge on any atom is 0.224 e. The molecule has 0 aliphatic heterocycles. The summed E-state index contributed by atoms with van der Waals surface area (Å²) >= 11 is 0. The fourth-order valence-corrected chi connectivity index (χ4v) is 28.4. The van der Waals surface area contributed by atoms with Crippen LogP contribution >= 0.6 is 0 Å². The number of benzene rings is 1. The van der Waals surface area contributed by atoms with Crippen LogP contribution in [0.3, 0.4) is 0 Å². The normalized spacial score (nSPS) is 38.6. The Bertz CT molecular complexity index is 3900. The van der Waals surface area contributed by atoms with Crippen molar-refractivity contribution in [2.24, 2.45) is 182 Å². The zero-order valence-corrected chi connectivity index (χ0v) is 75.5. The van der Waals surface area contributed by atoms with Crippen molar-refractivity contribution in [2.45, 2.75) is 263 Å². The number of carbonyl (C=O) groups excluding carboxylic acids is 3. The van der Waals surface area contributed by atoms with E-state index in [2.05, 4.69) is 177 Å². The fourth-order valence-electron chi connectivity index (χ4n) is 28.4. The highest BCUT2D eigenvalue weighted by molar-refractivity contribution is 5.91. The first kappa shape index (κ1) is 107. The van der Waals surface area contributed by atoms with Crippen LogP contribution in [0, 0.1) is 189 Å². The molecule has 12 N–H and O–H groups in total. The quantitative estimate of drug-likeness (QED) is 0.0160. The molecule has 726 valence electrons. The molecule has 11 fully saturated rings. The Labute approximate surface area is 779 Å². The second-order valence-electron chi connectivity index (χ2n) is 44.1. The summed E-state index contributed by atoms with van der Waals surface area (Å²) in [5, 5.41) is 13.5. The van der Waals surface area contributed by atoms with Crippen LogP contribution in [0.2, 0.25) is 0 Å². The van der Waals surface area contributed by atoms with Crippen molar-refractivity contribution in [2.75, 3.05) is 83.7 Å². The van der Waals surface area contributed by atoms with Gasteiger partial charge in [-0.25, -0.2) is 9.78 Å². The van der Waals surface area contributed by atoms with Crippen LogP contribution in [0.15, 0.2) is 140 Å². The van der Waals surface area contributed by atoms with Gasteiger partial charge in [-0.3, -0.25) is 19.7 Å². The SMILES string of the molecule is C.C.C.C.C.C1=CC2CC1CC2CCCOCC1CC2C=CC1C2.C1=CC2CC1CC2COCOC1CC2C=CC1C2.CC1(C)CC(NC(=O)CC2CC3C=CC2C3)CC(C)(CNCOCC2CC3C=CC2C3)C1.Cc1ccc(NC(=O)CC2CC3C=CC2C3)cc1NCOCC1CC2C=CC1C2.O.O.O.O.O=C(CCOOCC1CC2C=CC1C2)CC1CC2C=CC1C2. The third-order valence-electron chi connectivity index (χ3n) is 34.2. The van der Waals surface area contributed by atoms with Crippen LogP contribution in [-0.4, -0.2) is 125 Å². The molecule has 32 unspecified atom stereocenters. The molecule has 18 nitrogen and oxygen atoms in total. The lowest BCUT2D eigenvalue weighted by Gasteiger charge is -2.47. The van der Waals surface area contributed by atoms with E-state index < -0.39 is 0 Å². The molecule has 2 amide bonds. The molecule has 0 aromatic heterocycles. The number of hydrogen-bond acceptors (Lipinski definition) is 12. The number of allylic oxidation sites excluding steroid dienone is 19. The van der Waals surface area contributed by atoms with E-state index in [-0.39, 0.29) is 87.7 Å². The standard InChI is InChI=1S/C28H44N2O2.C25H32N2O2.C19H26O3.C18H26O.C16H22O2.5CH4.4H2O/c1-27(2)13-25(30-26(31)12-23-10-19-4-6-21(23)8-19)14-28(3,16-27)17-29-18-32-15-24-11-20-5-7-22(24)9-20;1-16-2-7-23(27-25(28)12-21-10-17-3-5-19(21)8-17)13-24(16)26-15-29-14-22-11-18-4-6-20(22)9-18;20-19(11-17-9-13-1-3-15(17)7-13)5-6-21-22-12-18-10-14-2-4-16(18)8-14;1(2-15-8-13-3-5-16(15)9-13)7-19-12-18-11-14-4-6-17(18)10-14;1-3-13-5-11(1)7-15(13)9-17-10-18-16-8-12-2-4-14(16)6-12;;;;;;;;;/h4-7,19-25,29H,8-18H2,1-3H3,(H,30,31);2-7,13,17-22,26H,8-12,14-15H2,1H3,(H,27,28);1-4,13-18H,5-12H2;3-6,13-18H,1-2,7-12H2;1-4,11-16H,5-10H2;5*1H4;4*1H2. The number of carbonyl (C=O) groups is 3. The fraction of sp³-hybridized carbons (Fsp3) is 0.739. The van der Waals surface area contributed by atoms with E-state index in [0.29, 0.717) is 130 Å². The second kappa shape index (κ2) is 49.3. The summed E-state index contributed by atoms with van der Waals surface area (Å²) in [5.41, 5.74) is 3.48. The van der Waals surface area contributed by atoms with Crippen molar-refractivity contribution in [1.82, 2.24) is 10.6 Å². The minimum Gasteiger partial charge on any atom is -0.412 e. The molecule has 0 spiro atoms. The van der Waals surface area contributed by atoms with Crippen molar-refractivity contribution in [3.63, 3.8) is 0 Å². The zero-order chi connectivity index (χ0) is 81.7. The Morgan fingerprint density at radius 2 is 0.775 bits per heavy atom. The predicted molar refractivity (Wildman–Crippen MR) is 525 cm³/mol. The van der Waals surface area contributed by atoms with Crippen LogP contribution in [-0.2, 0) is 47.8 Å². The van der Waals surface area contributed by atoms with Gasteiger partial charge in [0.15, 0.2) is 0 Å². The van der Waals surface area contributed by atoms with Crippen LogP contribution in [0.4, 0.5) is 11.4 Å². The molecular formula is C111H178N4O14. The molecule has 21 aliphatic rings. The molecule has 22 rings (SSSR count). The van der Waals surface area contributed by atoms with Crippen molar-refractivity contribution in [1.29, 1.82) is 0 Å². The van der Waals surface area contributed by atoms with Crippen molar-refractivity contribution in [3.8, 4) is 0 Å². The number of amides is 2. The molecule has 0 heterocycles. The van der Waals surface area contributed by atoms with E-state index in [4.69, 9.17) is 33.5 Å². The summed E-state index contributed by atoms with van der Waals surface area (Å²) in [6, 6.07) is 6.35. The third-order valence-corrected chi connectivity index (χ3v) is 34.2. The first-order valence-corrected chi connectivity index (χ1v) is 49.1. The van der Waals surface area contributed by atoms with Gasteiger partial charge < -0.3 is 61.5 Å². The summed E-state index contributed by atoms with van der Waals surface area (Å²) < 4.78 is 29.6. The monoisotopic (exact) mass is 1790 g/mol. The largest absolute Gasteiger partial charge is 0.412 e. The first-order chi connectivity index (χ1) is 58.4. The van der Waals surface area contributed by atoms with Gasteiger partial charge in [0, 0.05) is 68.8 Å². The minimum absolute atomic E-state index is 0. The topological polar surface area (TPSA) is 290 Å². The van der Waals surface area contributed by atoms with Crippen LogP contribution < -0.4 is 21.3 Å². The highest BCUT2D eigenvalue weighted by atomic mass is 17.2. The summed E-state index contributed by atoms with van der Waals surface area (Å²) in [7, 11) is 0. The summed E-state index contributed by atoms with van der Waals surface area (Å²) in [4.78, 5) is 48.0. The Hall–Kier alpha value is -5.45. The van der Waals surface area contributed by atoms with Gasteiger partial charge in [0.2, 0.25) is 11.8 Å². The number of ketones is 1. The van der Waals surface area contributed by atoms with E-state index in [0.717, 1.165) is 182 Å². The van der Waals surface area contributed by atoms with Crippen LogP contribution in [0.25, 0.3) is 0 Å². The predicted octanol–water partition coefficient (Wildman–Crippen LogP) is 21.2. The van der Waals surface area contributed by atoms with Crippen molar-refractivity contribution in [3.05, 3.63) is 145 Å². The molecule has 32 atom stereocenters. The van der Waals surface area contributed by atoms with Gasteiger partial charge in [-0.15, -0.1) is 0 Å². The lowest BCUT2D eigenvalue weighted by atomic mass is 9.62. The van der Waals surface area contributed by atoms with Gasteiger partial charge in [0.1, 0.15) is 19.3 Å². The minimum atomic E-state index is 0. The van der Waals surface area contributed by atoms with E-state index in [1.54, 1.807) is 0 Å². The number of Topliss-reactive ketones (excluding diaryl/α,β-unsaturated/α-hetero) is 1. The molecule has 1 aromatic carbocycles. The van der Waals surface area contributed by atoms with E-state index in [9.17, 15) is 14.4 Å². The first-order valence-electron chi connectivity index (χ1n) is 49.1. The highest BCUT2D eigenvalue weighted by Crippen LogP contribution is 2.53. The van der Waals surface area contributed by atoms with E-state index in [1.807, 2.05) is 12.1 Å². The molecule has 20 bridgehead atoms. The Balaban J connectivity index is 0.000000181. The summed E-state index contributed by atoms with van der Waals surface area (Å²) in [5.74, 6) is 22.4. The van der Waals surface area contributed by atoms with Crippen molar-refractivity contribution < 1.29 is 69.7 Å². The summed E-state index contributed by atoms with van der Waals surface area (Å²) in [6.07, 6.45) is 82.5. The number of anilines is 2. The molecule has 129 heavy (non-hydrogen) atoms. The van der Waals surface area contributed by atoms with E-state index in [1.165, 1.54) is 148 Å². The van der Waals surface area contributed by atoms with E-state index >= 15 is 0 Å². The lowest BCUT2D eigenvalue weighted by molar-refractivity contribution is -0.301. The Morgan fingerprint density at radius 3 is 1.20 bits per heavy atom. The van der Waals surface area contributed by atoms with Gasteiger partial charge in [0.25, 0.3) is 0 Å². The number of aryl methyl sites for hydroxylation is 1. The van der Waals surface area contributed by atoms with Gasteiger partial charge in [-0.05, 0) is 362 Å². The van der Waals surface area contributed by atoms with Gasteiger partial charge >= 0.3 is 0 Å². The van der Waals surface area contributed by atoms with Crippen LogP contribution in [0.1, 0.15) is 250 Å². The smallest absolute Gasteiger partial charge is 0.224 e. The molecule has 0 radical (unpaired) electrons. The number of fused-ring (bicyclic) bond motifs is 20. The van der Waals surface area contributed by atoms with Gasteiger partial charge in [-0.1, -0.05) is 185 Å². The van der Waals surface area contributed by atoms with Gasteiger partial charge in [-0.2, -0.15) is 0 Å².